The maximum Gasteiger partial charge on any atom is 0.416 e. The highest BCUT2D eigenvalue weighted by atomic mass is 19.4. The van der Waals surface area contributed by atoms with Gasteiger partial charge < -0.3 is 14.2 Å². The molecule has 0 fully saturated rings. The topological polar surface area (TPSA) is 61.8 Å². The third-order valence-corrected chi connectivity index (χ3v) is 2.99. The molecule has 2 aromatic rings. The maximum atomic E-state index is 12.4. The number of carbonyl (C=O) groups excluding carboxylic acids is 2. The van der Waals surface area contributed by atoms with Crippen molar-refractivity contribution in [3.8, 4) is 17.2 Å². The Morgan fingerprint density at radius 2 is 1.20 bits per heavy atom. The molecular formula is C17H13F3O5. The summed E-state index contributed by atoms with van der Waals surface area (Å²) in [5.41, 5.74) is -0.869. The predicted octanol–water partition coefficient (Wildman–Crippen LogP) is 3.62. The minimum Gasteiger partial charge on any atom is -0.497 e. The largest absolute Gasteiger partial charge is 0.497 e. The highest BCUT2D eigenvalue weighted by molar-refractivity contribution is 5.93. The summed E-state index contributed by atoms with van der Waals surface area (Å²) in [6.45, 7) is 0. The van der Waals surface area contributed by atoms with Crippen molar-refractivity contribution in [2.75, 3.05) is 7.11 Å². The zero-order valence-electron chi connectivity index (χ0n) is 13.0. The Hall–Kier alpha value is -3.03. The number of alkyl halides is 3. The quantitative estimate of drug-likeness (QED) is 0.466. The Morgan fingerprint density at radius 3 is 1.60 bits per heavy atom. The van der Waals surface area contributed by atoms with Crippen molar-refractivity contribution in [1.29, 1.82) is 0 Å². The van der Waals surface area contributed by atoms with Gasteiger partial charge in [0.05, 0.1) is 12.7 Å². The molecule has 0 N–H and O–H groups in total. The van der Waals surface area contributed by atoms with Gasteiger partial charge in [-0.2, -0.15) is 13.2 Å². The Kier molecular flexibility index (Phi) is 5.63. The molecule has 0 aliphatic rings. The monoisotopic (exact) mass is 354 g/mol. The van der Waals surface area contributed by atoms with E-state index in [1.807, 2.05) is 0 Å². The van der Waals surface area contributed by atoms with Gasteiger partial charge in [0.15, 0.2) is 0 Å². The summed E-state index contributed by atoms with van der Waals surface area (Å²) in [4.78, 5) is 23.3. The average molecular weight is 354 g/mol. The van der Waals surface area contributed by atoms with Crippen LogP contribution in [0.3, 0.4) is 0 Å². The van der Waals surface area contributed by atoms with Gasteiger partial charge in [-0.25, -0.2) is 0 Å². The summed E-state index contributed by atoms with van der Waals surface area (Å²) >= 11 is 0. The lowest BCUT2D eigenvalue weighted by Crippen LogP contribution is -2.18. The molecule has 0 saturated carbocycles. The van der Waals surface area contributed by atoms with Gasteiger partial charge in [-0.1, -0.05) is 0 Å². The van der Waals surface area contributed by atoms with Crippen molar-refractivity contribution in [1.82, 2.24) is 0 Å². The second-order valence-corrected chi connectivity index (χ2v) is 4.82. The molecule has 0 radical (unpaired) electrons. The third kappa shape index (κ3) is 5.52. The number of halogens is 3. The molecule has 0 aliphatic heterocycles. The molecule has 0 aromatic heterocycles. The predicted molar refractivity (Wildman–Crippen MR) is 80.3 cm³/mol. The SMILES string of the molecule is COc1ccc(OC(=O)CC(=O)Oc2ccc(C(F)(F)F)cc2)cc1. The van der Waals surface area contributed by atoms with Crippen LogP contribution in [0.4, 0.5) is 13.2 Å². The number of rotatable bonds is 5. The highest BCUT2D eigenvalue weighted by Gasteiger charge is 2.30. The van der Waals surface area contributed by atoms with Crippen molar-refractivity contribution in [3.05, 3.63) is 54.1 Å². The van der Waals surface area contributed by atoms with Crippen LogP contribution in [0.5, 0.6) is 17.2 Å². The van der Waals surface area contributed by atoms with Gasteiger partial charge >= 0.3 is 18.1 Å². The first-order valence-corrected chi connectivity index (χ1v) is 7.00. The Labute approximate surface area is 140 Å². The molecular weight excluding hydrogens is 341 g/mol. The summed E-state index contributed by atoms with van der Waals surface area (Å²) in [5.74, 6) is -1.12. The summed E-state index contributed by atoms with van der Waals surface area (Å²) in [7, 11) is 1.48. The molecule has 0 aliphatic carbocycles. The summed E-state index contributed by atoms with van der Waals surface area (Å²) < 4.78 is 52.0. The fraction of sp³-hybridized carbons (Fsp3) is 0.176. The summed E-state index contributed by atoms with van der Waals surface area (Å²) in [6.07, 6.45) is -5.17. The first-order valence-electron chi connectivity index (χ1n) is 7.00. The first-order chi connectivity index (χ1) is 11.8. The van der Waals surface area contributed by atoms with Crippen LogP contribution in [0.1, 0.15) is 12.0 Å². The molecule has 0 heterocycles. The maximum absolute atomic E-state index is 12.4. The molecule has 0 amide bonds. The van der Waals surface area contributed by atoms with Gasteiger partial charge in [-0.15, -0.1) is 0 Å². The summed E-state index contributed by atoms with van der Waals surface area (Å²) in [5, 5.41) is 0. The van der Waals surface area contributed by atoms with Gasteiger partial charge in [0.25, 0.3) is 0 Å². The van der Waals surface area contributed by atoms with Crippen LogP contribution >= 0.6 is 0 Å². The minimum absolute atomic E-state index is 0.102. The number of carbonyl (C=O) groups is 2. The van der Waals surface area contributed by atoms with Crippen molar-refractivity contribution in [2.24, 2.45) is 0 Å². The summed E-state index contributed by atoms with van der Waals surface area (Å²) in [6, 6.07) is 9.66. The second kappa shape index (κ2) is 7.69. The average Bonchev–Trinajstić information content (AvgIpc) is 2.55. The molecule has 8 heteroatoms. The van der Waals surface area contributed by atoms with E-state index in [0.717, 1.165) is 24.3 Å². The van der Waals surface area contributed by atoms with Gasteiger partial charge in [0, 0.05) is 0 Å². The Morgan fingerprint density at radius 1 is 0.800 bits per heavy atom. The zero-order valence-corrected chi connectivity index (χ0v) is 13.0. The Bertz CT molecular complexity index is 736. The van der Waals surface area contributed by atoms with E-state index in [2.05, 4.69) is 0 Å². The van der Waals surface area contributed by atoms with Crippen LogP contribution in [0.2, 0.25) is 0 Å². The standard InChI is InChI=1S/C17H13F3O5/c1-23-12-6-8-14(9-7-12)25-16(22)10-15(21)24-13-4-2-11(3-5-13)17(18,19)20/h2-9H,10H2,1H3. The molecule has 2 aromatic carbocycles. The number of hydrogen-bond acceptors (Lipinski definition) is 5. The molecule has 5 nitrogen and oxygen atoms in total. The van der Waals surface area contributed by atoms with Crippen LogP contribution in [0, 0.1) is 0 Å². The van der Waals surface area contributed by atoms with E-state index in [-0.39, 0.29) is 11.5 Å². The smallest absolute Gasteiger partial charge is 0.416 e. The zero-order chi connectivity index (χ0) is 18.4. The van der Waals surface area contributed by atoms with Crippen molar-refractivity contribution >= 4 is 11.9 Å². The first kappa shape index (κ1) is 18.3. The van der Waals surface area contributed by atoms with E-state index >= 15 is 0 Å². The third-order valence-electron chi connectivity index (χ3n) is 2.99. The lowest BCUT2D eigenvalue weighted by Gasteiger charge is -2.08. The molecule has 0 bridgehead atoms. The fourth-order valence-electron chi connectivity index (χ4n) is 1.81. The molecule has 2 rings (SSSR count). The van der Waals surface area contributed by atoms with Crippen LogP contribution in [0.15, 0.2) is 48.5 Å². The number of esters is 2. The molecule has 0 unspecified atom stereocenters. The highest BCUT2D eigenvalue weighted by Crippen LogP contribution is 2.30. The van der Waals surface area contributed by atoms with Gasteiger partial charge in [-0.05, 0) is 48.5 Å². The number of ether oxygens (including phenoxy) is 3. The van der Waals surface area contributed by atoms with E-state index in [4.69, 9.17) is 14.2 Å². The van der Waals surface area contributed by atoms with Gasteiger partial charge in [0.2, 0.25) is 0 Å². The van der Waals surface area contributed by atoms with Crippen molar-refractivity contribution < 1.29 is 37.0 Å². The van der Waals surface area contributed by atoms with E-state index < -0.39 is 30.1 Å². The number of hydrogen-bond donors (Lipinski definition) is 0. The molecule has 25 heavy (non-hydrogen) atoms. The van der Waals surface area contributed by atoms with E-state index in [9.17, 15) is 22.8 Å². The van der Waals surface area contributed by atoms with Crippen LogP contribution in [0.25, 0.3) is 0 Å². The molecule has 0 spiro atoms. The minimum atomic E-state index is -4.48. The van der Waals surface area contributed by atoms with E-state index in [0.29, 0.717) is 5.75 Å². The molecule has 0 atom stereocenters. The second-order valence-electron chi connectivity index (χ2n) is 4.82. The van der Waals surface area contributed by atoms with E-state index in [1.54, 1.807) is 12.1 Å². The van der Waals surface area contributed by atoms with Crippen LogP contribution in [-0.2, 0) is 15.8 Å². The lowest BCUT2D eigenvalue weighted by molar-refractivity contribution is -0.144. The van der Waals surface area contributed by atoms with Gasteiger partial charge in [-0.3, -0.25) is 9.59 Å². The van der Waals surface area contributed by atoms with Crippen molar-refractivity contribution in [2.45, 2.75) is 12.6 Å². The van der Waals surface area contributed by atoms with Gasteiger partial charge in [0.1, 0.15) is 23.7 Å². The molecule has 0 saturated heterocycles. The number of benzene rings is 2. The van der Waals surface area contributed by atoms with Crippen molar-refractivity contribution in [3.63, 3.8) is 0 Å². The van der Waals surface area contributed by atoms with E-state index in [1.165, 1.54) is 19.2 Å². The van der Waals surface area contributed by atoms with Crippen LogP contribution < -0.4 is 14.2 Å². The molecule has 132 valence electrons. The fourth-order valence-corrected chi connectivity index (χ4v) is 1.81. The lowest BCUT2D eigenvalue weighted by atomic mass is 10.2. The Balaban J connectivity index is 1.87. The number of methoxy groups -OCH3 is 1. The van der Waals surface area contributed by atoms with Crippen LogP contribution in [-0.4, -0.2) is 19.0 Å². The normalized spacial score (nSPS) is 10.9.